The van der Waals surface area contributed by atoms with E-state index in [2.05, 4.69) is 36.4 Å². The second-order valence-electron chi connectivity index (χ2n) is 5.32. The van der Waals surface area contributed by atoms with Gasteiger partial charge in [-0.1, -0.05) is 32.1 Å². The first-order chi connectivity index (χ1) is 8.25. The number of nitrogen functional groups attached to an aromatic ring is 1. The summed E-state index contributed by atoms with van der Waals surface area (Å²) >= 11 is 1.29. The third-order valence-electron chi connectivity index (χ3n) is 2.83. The number of amides is 1. The molecule has 0 aliphatic rings. The summed E-state index contributed by atoms with van der Waals surface area (Å²) in [6.45, 7) is 11.0. The molecule has 6 heteroatoms. The van der Waals surface area contributed by atoms with Crippen LogP contribution < -0.4 is 16.4 Å². The summed E-state index contributed by atoms with van der Waals surface area (Å²) in [5.41, 5.74) is 5.77. The number of nitrogens with zero attached hydrogens (tertiary/aromatic N) is 1. The molecule has 1 unspecified atom stereocenters. The molecule has 0 spiro atoms. The van der Waals surface area contributed by atoms with E-state index in [4.69, 9.17) is 5.73 Å². The second-order valence-corrected chi connectivity index (χ2v) is 6.32. The zero-order valence-electron chi connectivity index (χ0n) is 11.6. The van der Waals surface area contributed by atoms with Gasteiger partial charge >= 0.3 is 0 Å². The summed E-state index contributed by atoms with van der Waals surface area (Å²) in [5, 5.41) is 6.69. The van der Waals surface area contributed by atoms with Crippen LogP contribution in [-0.4, -0.2) is 23.5 Å². The quantitative estimate of drug-likeness (QED) is 0.784. The molecule has 1 aromatic rings. The minimum atomic E-state index is -0.156. The Morgan fingerprint density at radius 1 is 1.50 bits per heavy atom. The highest BCUT2D eigenvalue weighted by molar-refractivity contribution is 7.18. The fourth-order valence-corrected chi connectivity index (χ4v) is 2.06. The first kappa shape index (κ1) is 14.8. The highest BCUT2D eigenvalue weighted by Crippen LogP contribution is 2.26. The normalized spacial score (nSPS) is 13.2. The van der Waals surface area contributed by atoms with Gasteiger partial charge in [0.25, 0.3) is 5.91 Å². The Kier molecular flexibility index (Phi) is 4.56. The minimum Gasteiger partial charge on any atom is -0.382 e. The summed E-state index contributed by atoms with van der Waals surface area (Å²) in [5.74, 6) is 0.131. The van der Waals surface area contributed by atoms with Gasteiger partial charge in [0.15, 0.2) is 5.13 Å². The number of thiazole rings is 1. The molecule has 1 aromatic heterocycles. The van der Waals surface area contributed by atoms with Crippen molar-refractivity contribution in [3.8, 4) is 0 Å². The third kappa shape index (κ3) is 3.60. The van der Waals surface area contributed by atoms with Crippen LogP contribution in [0.4, 0.5) is 10.9 Å². The van der Waals surface area contributed by atoms with Gasteiger partial charge in [0.05, 0.1) is 0 Å². The van der Waals surface area contributed by atoms with Crippen LogP contribution in [0.15, 0.2) is 0 Å². The maximum Gasteiger partial charge on any atom is 0.265 e. The van der Waals surface area contributed by atoms with Gasteiger partial charge in [0.1, 0.15) is 10.7 Å². The van der Waals surface area contributed by atoms with Gasteiger partial charge in [0.2, 0.25) is 0 Å². The third-order valence-corrected chi connectivity index (χ3v) is 3.86. The molecule has 0 aliphatic heterocycles. The van der Waals surface area contributed by atoms with Crippen molar-refractivity contribution < 1.29 is 4.79 Å². The maximum absolute atomic E-state index is 12.1. The summed E-state index contributed by atoms with van der Waals surface area (Å²) in [6, 6.07) is 0.0640. The molecule has 1 amide bonds. The molecule has 5 nitrogen and oxygen atoms in total. The summed E-state index contributed by atoms with van der Waals surface area (Å²) in [6.07, 6.45) is 0. The Bertz CT molecular complexity index is 422. The molecule has 18 heavy (non-hydrogen) atoms. The number of hydrogen-bond acceptors (Lipinski definition) is 5. The van der Waals surface area contributed by atoms with Crippen LogP contribution in [0.1, 0.15) is 44.3 Å². The van der Waals surface area contributed by atoms with Gasteiger partial charge in [-0.05, 0) is 19.3 Å². The molecule has 1 rings (SSSR count). The first-order valence-electron chi connectivity index (χ1n) is 6.06. The Hall–Kier alpha value is -1.30. The molecule has 0 aliphatic carbocycles. The second kappa shape index (κ2) is 5.56. The monoisotopic (exact) mass is 270 g/mol. The van der Waals surface area contributed by atoms with Crippen molar-refractivity contribution in [2.75, 3.05) is 17.6 Å². The Morgan fingerprint density at radius 2 is 2.11 bits per heavy atom. The maximum atomic E-state index is 12.1. The largest absolute Gasteiger partial charge is 0.382 e. The van der Waals surface area contributed by atoms with Gasteiger partial charge in [-0.25, -0.2) is 4.98 Å². The molecule has 0 radical (unpaired) electrons. The van der Waals surface area contributed by atoms with E-state index < -0.39 is 0 Å². The van der Waals surface area contributed by atoms with Crippen molar-refractivity contribution in [1.29, 1.82) is 0 Å². The van der Waals surface area contributed by atoms with Crippen molar-refractivity contribution >= 4 is 28.2 Å². The zero-order valence-corrected chi connectivity index (χ0v) is 12.4. The van der Waals surface area contributed by atoms with Crippen LogP contribution in [0.5, 0.6) is 0 Å². The summed E-state index contributed by atoms with van der Waals surface area (Å²) < 4.78 is 0. The smallest absolute Gasteiger partial charge is 0.265 e. The van der Waals surface area contributed by atoms with Crippen molar-refractivity contribution in [2.45, 2.75) is 40.7 Å². The van der Waals surface area contributed by atoms with Gasteiger partial charge in [-0.2, -0.15) is 0 Å². The van der Waals surface area contributed by atoms with E-state index in [1.165, 1.54) is 11.3 Å². The number of carbonyl (C=O) groups excluding carboxylic acids is 1. The van der Waals surface area contributed by atoms with Crippen LogP contribution in [0.25, 0.3) is 0 Å². The number of carbonyl (C=O) groups is 1. The van der Waals surface area contributed by atoms with Crippen LogP contribution in [0.2, 0.25) is 0 Å². The number of hydrogen-bond donors (Lipinski definition) is 3. The number of nitrogens with one attached hydrogen (secondary N) is 2. The number of aromatic nitrogens is 1. The lowest BCUT2D eigenvalue weighted by Crippen LogP contribution is -2.41. The summed E-state index contributed by atoms with van der Waals surface area (Å²) in [4.78, 5) is 16.7. The number of rotatable bonds is 4. The average Bonchev–Trinajstić information content (AvgIpc) is 2.58. The highest BCUT2D eigenvalue weighted by atomic mass is 32.1. The fraction of sp³-hybridized carbons (Fsp3) is 0.667. The standard InChI is InChI=1S/C12H22N4OS/c1-6-14-11-16-9(13)8(18-11)10(17)15-7(2)12(3,4)5/h7H,6,13H2,1-5H3,(H,14,16)(H,15,17). The van der Waals surface area contributed by atoms with Crippen LogP contribution >= 0.6 is 11.3 Å². The van der Waals surface area contributed by atoms with Crippen molar-refractivity contribution in [3.63, 3.8) is 0 Å². The molecule has 0 bridgehead atoms. The molecule has 0 saturated heterocycles. The SMILES string of the molecule is CCNc1nc(N)c(C(=O)NC(C)C(C)(C)C)s1. The Morgan fingerprint density at radius 3 is 2.61 bits per heavy atom. The lowest BCUT2D eigenvalue weighted by atomic mass is 9.88. The van der Waals surface area contributed by atoms with E-state index >= 15 is 0 Å². The molecule has 0 saturated carbocycles. The van der Waals surface area contributed by atoms with Crippen LogP contribution in [0, 0.1) is 5.41 Å². The molecule has 1 atom stereocenters. The topological polar surface area (TPSA) is 80.0 Å². The number of nitrogens with two attached hydrogens (primary N) is 1. The summed E-state index contributed by atoms with van der Waals surface area (Å²) in [7, 11) is 0. The van der Waals surface area contributed by atoms with E-state index in [0.717, 1.165) is 6.54 Å². The van der Waals surface area contributed by atoms with Crippen molar-refractivity contribution in [1.82, 2.24) is 10.3 Å². The molecule has 0 fully saturated rings. The van der Waals surface area contributed by atoms with E-state index in [1.54, 1.807) is 0 Å². The number of anilines is 2. The molecule has 102 valence electrons. The molecule has 4 N–H and O–H groups in total. The van der Waals surface area contributed by atoms with Crippen molar-refractivity contribution in [2.24, 2.45) is 5.41 Å². The molecular weight excluding hydrogens is 248 g/mol. The van der Waals surface area contributed by atoms with Crippen LogP contribution in [0.3, 0.4) is 0 Å². The van der Waals surface area contributed by atoms with E-state index in [-0.39, 0.29) is 23.2 Å². The lowest BCUT2D eigenvalue weighted by molar-refractivity contribution is 0.0915. The lowest BCUT2D eigenvalue weighted by Gasteiger charge is -2.27. The van der Waals surface area contributed by atoms with E-state index in [1.807, 2.05) is 13.8 Å². The Labute approximate surface area is 112 Å². The molecule has 0 aromatic carbocycles. The predicted octanol–water partition coefficient (Wildman–Crippen LogP) is 2.32. The predicted molar refractivity (Wildman–Crippen MR) is 77.1 cm³/mol. The van der Waals surface area contributed by atoms with Gasteiger partial charge in [-0.3, -0.25) is 4.79 Å². The zero-order chi connectivity index (χ0) is 13.9. The van der Waals surface area contributed by atoms with Crippen molar-refractivity contribution in [3.05, 3.63) is 4.88 Å². The molecular formula is C12H22N4OS. The minimum absolute atomic E-state index is 0.0135. The van der Waals surface area contributed by atoms with E-state index in [0.29, 0.717) is 10.0 Å². The van der Waals surface area contributed by atoms with E-state index in [9.17, 15) is 4.79 Å². The van der Waals surface area contributed by atoms with Crippen LogP contribution in [-0.2, 0) is 0 Å². The Balaban J connectivity index is 2.78. The van der Waals surface area contributed by atoms with Gasteiger partial charge in [-0.15, -0.1) is 0 Å². The van der Waals surface area contributed by atoms with Gasteiger partial charge < -0.3 is 16.4 Å². The first-order valence-corrected chi connectivity index (χ1v) is 6.88. The molecule has 1 heterocycles. The highest BCUT2D eigenvalue weighted by Gasteiger charge is 2.24. The fourth-order valence-electron chi connectivity index (χ4n) is 1.20. The average molecular weight is 270 g/mol. The van der Waals surface area contributed by atoms with Gasteiger partial charge in [0, 0.05) is 12.6 Å².